The summed E-state index contributed by atoms with van der Waals surface area (Å²) in [4.78, 5) is 11.9. The molecule has 0 atom stereocenters. The highest BCUT2D eigenvalue weighted by atomic mass is 35.5. The second-order valence-corrected chi connectivity index (χ2v) is 3.63. The van der Waals surface area contributed by atoms with Gasteiger partial charge in [-0.15, -0.1) is 15.0 Å². The Balaban J connectivity index is 2.49. The van der Waals surface area contributed by atoms with Crippen molar-refractivity contribution in [2.45, 2.75) is 6.92 Å². The van der Waals surface area contributed by atoms with Crippen LogP contribution < -0.4 is 0 Å². The van der Waals surface area contributed by atoms with Crippen LogP contribution in [0.1, 0.15) is 16.1 Å². The number of carboxylic acids is 1. The van der Waals surface area contributed by atoms with Crippen molar-refractivity contribution in [2.24, 2.45) is 0 Å². The molecule has 1 aromatic heterocycles. The summed E-state index contributed by atoms with van der Waals surface area (Å²) in [6.07, 6.45) is 0. The Hall–Kier alpha value is -1.88. The number of aromatic nitrogens is 3. The van der Waals surface area contributed by atoms with Gasteiger partial charge in [-0.25, -0.2) is 4.79 Å². The average molecular weight is 238 g/mol. The maximum atomic E-state index is 10.7. The van der Waals surface area contributed by atoms with E-state index in [1.165, 1.54) is 4.80 Å². The van der Waals surface area contributed by atoms with Gasteiger partial charge in [0.05, 0.1) is 5.69 Å². The molecule has 2 aromatic rings. The van der Waals surface area contributed by atoms with E-state index in [1.54, 1.807) is 6.07 Å². The summed E-state index contributed by atoms with van der Waals surface area (Å²) in [7, 11) is 0. The van der Waals surface area contributed by atoms with Gasteiger partial charge < -0.3 is 5.11 Å². The largest absolute Gasteiger partial charge is 0.476 e. The number of carboxylic acid groups (broad SMARTS) is 1. The van der Waals surface area contributed by atoms with Gasteiger partial charge in [0, 0.05) is 0 Å². The summed E-state index contributed by atoms with van der Waals surface area (Å²) >= 11 is 5.65. The molecule has 82 valence electrons. The van der Waals surface area contributed by atoms with Crippen LogP contribution in [0.4, 0.5) is 0 Å². The van der Waals surface area contributed by atoms with E-state index in [-0.39, 0.29) is 10.8 Å². The van der Waals surface area contributed by atoms with Crippen molar-refractivity contribution < 1.29 is 9.90 Å². The number of aromatic carboxylic acids is 1. The molecule has 16 heavy (non-hydrogen) atoms. The topological polar surface area (TPSA) is 68.0 Å². The first kappa shape index (κ1) is 10.6. The highest BCUT2D eigenvalue weighted by molar-refractivity contribution is 6.31. The third-order valence-electron chi connectivity index (χ3n) is 2.01. The van der Waals surface area contributed by atoms with Crippen LogP contribution in [0.5, 0.6) is 0 Å². The lowest BCUT2D eigenvalue weighted by molar-refractivity contribution is 0.0690. The van der Waals surface area contributed by atoms with Gasteiger partial charge in [0.1, 0.15) is 0 Å². The Bertz CT molecular complexity index is 551. The standard InChI is InChI=1S/C10H8ClN3O2/c1-6-3-2-4-7(5-6)14-12-8(10(15)16)9(11)13-14/h2-5H,1H3,(H,15,16). The minimum Gasteiger partial charge on any atom is -0.476 e. The maximum absolute atomic E-state index is 10.7. The fraction of sp³-hybridized carbons (Fsp3) is 0.100. The molecule has 0 unspecified atom stereocenters. The summed E-state index contributed by atoms with van der Waals surface area (Å²) < 4.78 is 0. The molecule has 0 amide bonds. The molecule has 0 aliphatic carbocycles. The molecular formula is C10H8ClN3O2. The molecule has 1 N–H and O–H groups in total. The number of hydrogen-bond donors (Lipinski definition) is 1. The fourth-order valence-corrected chi connectivity index (χ4v) is 1.48. The number of aryl methyl sites for hydroxylation is 1. The highest BCUT2D eigenvalue weighted by Crippen LogP contribution is 2.14. The lowest BCUT2D eigenvalue weighted by Crippen LogP contribution is -2.02. The van der Waals surface area contributed by atoms with E-state index in [0.29, 0.717) is 5.69 Å². The first-order valence-electron chi connectivity index (χ1n) is 4.51. The van der Waals surface area contributed by atoms with Crippen LogP contribution in [0.2, 0.25) is 5.15 Å². The first-order chi connectivity index (χ1) is 7.58. The zero-order valence-electron chi connectivity index (χ0n) is 8.38. The zero-order valence-corrected chi connectivity index (χ0v) is 9.14. The molecule has 1 aromatic carbocycles. The fourth-order valence-electron chi connectivity index (χ4n) is 1.29. The number of carbonyl (C=O) groups is 1. The molecule has 0 aliphatic heterocycles. The van der Waals surface area contributed by atoms with Crippen LogP contribution in [-0.2, 0) is 0 Å². The first-order valence-corrected chi connectivity index (χ1v) is 4.89. The Labute approximate surface area is 96.3 Å². The lowest BCUT2D eigenvalue weighted by Gasteiger charge is -1.99. The maximum Gasteiger partial charge on any atom is 0.359 e. The molecule has 6 heteroatoms. The monoisotopic (exact) mass is 237 g/mol. The molecule has 0 spiro atoms. The van der Waals surface area contributed by atoms with Gasteiger partial charge in [0.25, 0.3) is 0 Å². The van der Waals surface area contributed by atoms with Crippen LogP contribution in [0.15, 0.2) is 24.3 Å². The lowest BCUT2D eigenvalue weighted by atomic mass is 10.2. The Morgan fingerprint density at radius 2 is 2.19 bits per heavy atom. The van der Waals surface area contributed by atoms with E-state index >= 15 is 0 Å². The number of benzene rings is 1. The molecule has 0 radical (unpaired) electrons. The summed E-state index contributed by atoms with van der Waals surface area (Å²) in [5.74, 6) is -1.19. The van der Waals surface area contributed by atoms with Crippen LogP contribution in [0, 0.1) is 6.92 Å². The second kappa shape index (κ2) is 3.94. The number of halogens is 1. The predicted octanol–water partition coefficient (Wildman–Crippen LogP) is 1.93. The molecule has 0 aliphatic rings. The summed E-state index contributed by atoms with van der Waals surface area (Å²) in [6, 6.07) is 7.37. The predicted molar refractivity (Wildman–Crippen MR) is 58.1 cm³/mol. The van der Waals surface area contributed by atoms with Crippen molar-refractivity contribution >= 4 is 17.6 Å². The van der Waals surface area contributed by atoms with E-state index in [0.717, 1.165) is 5.56 Å². The van der Waals surface area contributed by atoms with Gasteiger partial charge in [-0.2, -0.15) is 0 Å². The molecule has 1 heterocycles. The van der Waals surface area contributed by atoms with E-state index in [9.17, 15) is 4.79 Å². The number of hydrogen-bond acceptors (Lipinski definition) is 3. The average Bonchev–Trinajstić information content (AvgIpc) is 2.60. The molecule has 2 rings (SSSR count). The molecule has 0 bridgehead atoms. The van der Waals surface area contributed by atoms with Gasteiger partial charge >= 0.3 is 5.97 Å². The third kappa shape index (κ3) is 1.90. The highest BCUT2D eigenvalue weighted by Gasteiger charge is 2.16. The van der Waals surface area contributed by atoms with Crippen molar-refractivity contribution in [3.05, 3.63) is 40.7 Å². The summed E-state index contributed by atoms with van der Waals surface area (Å²) in [5.41, 5.74) is 1.46. The van der Waals surface area contributed by atoms with E-state index < -0.39 is 5.97 Å². The van der Waals surface area contributed by atoms with Gasteiger partial charge in [-0.05, 0) is 24.6 Å². The zero-order chi connectivity index (χ0) is 11.7. The minimum absolute atomic E-state index is 0.117. The van der Waals surface area contributed by atoms with Gasteiger partial charge in [-0.1, -0.05) is 23.7 Å². The minimum atomic E-state index is -1.19. The molecule has 0 fully saturated rings. The van der Waals surface area contributed by atoms with E-state index in [4.69, 9.17) is 16.7 Å². The Morgan fingerprint density at radius 3 is 2.75 bits per heavy atom. The number of nitrogens with zero attached hydrogens (tertiary/aromatic N) is 3. The quantitative estimate of drug-likeness (QED) is 0.867. The van der Waals surface area contributed by atoms with Crippen molar-refractivity contribution in [3.8, 4) is 5.69 Å². The Morgan fingerprint density at radius 1 is 1.44 bits per heavy atom. The second-order valence-electron chi connectivity index (χ2n) is 3.27. The van der Waals surface area contributed by atoms with Crippen LogP contribution in [0.25, 0.3) is 5.69 Å². The van der Waals surface area contributed by atoms with Gasteiger partial charge in [0.2, 0.25) is 5.69 Å². The van der Waals surface area contributed by atoms with Crippen molar-refractivity contribution in [1.29, 1.82) is 0 Å². The summed E-state index contributed by atoms with van der Waals surface area (Å²) in [6.45, 7) is 1.92. The van der Waals surface area contributed by atoms with Crippen LogP contribution in [-0.4, -0.2) is 26.1 Å². The van der Waals surface area contributed by atoms with Crippen molar-refractivity contribution in [2.75, 3.05) is 0 Å². The molecule has 0 saturated heterocycles. The normalized spacial score (nSPS) is 10.4. The van der Waals surface area contributed by atoms with E-state index in [1.807, 2.05) is 25.1 Å². The van der Waals surface area contributed by atoms with Crippen LogP contribution in [0.3, 0.4) is 0 Å². The number of rotatable bonds is 2. The van der Waals surface area contributed by atoms with Crippen molar-refractivity contribution in [3.63, 3.8) is 0 Å². The van der Waals surface area contributed by atoms with Crippen LogP contribution >= 0.6 is 11.6 Å². The SMILES string of the molecule is Cc1cccc(-n2nc(Cl)c(C(=O)O)n2)c1. The molecular weight excluding hydrogens is 230 g/mol. The summed E-state index contributed by atoms with van der Waals surface area (Å²) in [5, 5.41) is 16.3. The van der Waals surface area contributed by atoms with Gasteiger partial charge in [0.15, 0.2) is 5.15 Å². The third-order valence-corrected chi connectivity index (χ3v) is 2.26. The molecule has 0 saturated carbocycles. The molecule has 5 nitrogen and oxygen atoms in total. The Kier molecular flexibility index (Phi) is 2.62. The smallest absolute Gasteiger partial charge is 0.359 e. The van der Waals surface area contributed by atoms with E-state index in [2.05, 4.69) is 10.2 Å². The van der Waals surface area contributed by atoms with Crippen molar-refractivity contribution in [1.82, 2.24) is 15.0 Å². The van der Waals surface area contributed by atoms with Gasteiger partial charge in [-0.3, -0.25) is 0 Å².